The van der Waals surface area contributed by atoms with E-state index in [9.17, 15) is 4.39 Å². The number of nitrogens with zero attached hydrogens (tertiary/aromatic N) is 1. The van der Waals surface area contributed by atoms with Crippen LogP contribution in [0.2, 0.25) is 0 Å². The standard InChI is InChI=1S/C23H26FN3O/c24-18-6-3-5-15(12-18)17-8-9-19(27-14-17)10-11-21-20-7-2-1-4-16(20)13-22(25)23(21)28-26/h3,5-6,8-12,14,16,20-21H,1-2,4,7,13,25-26H2/b11-10+/t16-,20?,21-/m0/s1. The van der Waals surface area contributed by atoms with Crippen LogP contribution in [0.1, 0.15) is 37.8 Å². The van der Waals surface area contributed by atoms with Crippen LogP contribution in [0, 0.1) is 23.6 Å². The molecule has 1 aromatic carbocycles. The normalized spacial score (nSPS) is 25.0. The first-order valence-electron chi connectivity index (χ1n) is 9.91. The van der Waals surface area contributed by atoms with Gasteiger partial charge in [-0.05, 0) is 60.9 Å². The monoisotopic (exact) mass is 379 g/mol. The molecule has 2 aliphatic rings. The summed E-state index contributed by atoms with van der Waals surface area (Å²) in [6.07, 6.45) is 11.7. The molecule has 1 heterocycles. The number of halogens is 1. The molecule has 0 bridgehead atoms. The topological polar surface area (TPSA) is 74.2 Å². The minimum atomic E-state index is -0.250. The van der Waals surface area contributed by atoms with Crippen molar-refractivity contribution >= 4 is 6.08 Å². The third kappa shape index (κ3) is 3.80. The number of fused-ring (bicyclic) bond motifs is 1. The van der Waals surface area contributed by atoms with Crippen LogP contribution in [-0.2, 0) is 4.84 Å². The van der Waals surface area contributed by atoms with Gasteiger partial charge in [-0.15, -0.1) is 0 Å². The van der Waals surface area contributed by atoms with Crippen molar-refractivity contribution in [2.75, 3.05) is 0 Å². The minimum absolute atomic E-state index is 0.0914. The van der Waals surface area contributed by atoms with Crippen molar-refractivity contribution in [2.24, 2.45) is 29.4 Å². The van der Waals surface area contributed by atoms with Crippen LogP contribution in [0.15, 0.2) is 60.1 Å². The molecule has 5 heteroatoms. The fourth-order valence-electron chi connectivity index (χ4n) is 4.68. The van der Waals surface area contributed by atoms with Gasteiger partial charge in [-0.2, -0.15) is 5.90 Å². The highest BCUT2D eigenvalue weighted by molar-refractivity contribution is 5.63. The van der Waals surface area contributed by atoms with Crippen LogP contribution in [0.4, 0.5) is 4.39 Å². The Bertz CT molecular complexity index is 891. The first-order chi connectivity index (χ1) is 13.7. The molecule has 0 radical (unpaired) electrons. The molecule has 1 saturated carbocycles. The number of hydrogen-bond acceptors (Lipinski definition) is 4. The van der Waals surface area contributed by atoms with E-state index in [1.54, 1.807) is 12.3 Å². The Morgan fingerprint density at radius 3 is 2.71 bits per heavy atom. The summed E-state index contributed by atoms with van der Waals surface area (Å²) in [6.45, 7) is 0. The van der Waals surface area contributed by atoms with E-state index in [1.807, 2.05) is 24.3 Å². The van der Waals surface area contributed by atoms with Gasteiger partial charge in [0.2, 0.25) is 0 Å². The van der Waals surface area contributed by atoms with Gasteiger partial charge in [0.15, 0.2) is 0 Å². The fraction of sp³-hybridized carbons (Fsp3) is 0.348. The lowest BCUT2D eigenvalue weighted by Gasteiger charge is -2.40. The summed E-state index contributed by atoms with van der Waals surface area (Å²) in [7, 11) is 0. The van der Waals surface area contributed by atoms with Gasteiger partial charge < -0.3 is 10.6 Å². The van der Waals surface area contributed by atoms with Gasteiger partial charge in [-0.1, -0.05) is 37.1 Å². The van der Waals surface area contributed by atoms with E-state index < -0.39 is 0 Å². The number of benzene rings is 1. The van der Waals surface area contributed by atoms with Crippen LogP contribution < -0.4 is 11.6 Å². The van der Waals surface area contributed by atoms with Gasteiger partial charge in [-0.25, -0.2) is 4.39 Å². The Balaban J connectivity index is 1.56. The second-order valence-corrected chi connectivity index (χ2v) is 7.79. The first kappa shape index (κ1) is 18.7. The number of rotatable bonds is 4. The van der Waals surface area contributed by atoms with E-state index in [-0.39, 0.29) is 11.7 Å². The molecule has 1 aromatic heterocycles. The Morgan fingerprint density at radius 1 is 1.11 bits per heavy atom. The molecule has 146 valence electrons. The van der Waals surface area contributed by atoms with Crippen LogP contribution in [0.25, 0.3) is 17.2 Å². The number of nitrogens with two attached hydrogens (primary N) is 2. The molecule has 0 aliphatic heterocycles. The maximum absolute atomic E-state index is 13.4. The van der Waals surface area contributed by atoms with Crippen LogP contribution >= 0.6 is 0 Å². The lowest BCUT2D eigenvalue weighted by atomic mass is 9.66. The van der Waals surface area contributed by atoms with E-state index in [4.69, 9.17) is 16.5 Å². The second-order valence-electron chi connectivity index (χ2n) is 7.79. The number of hydrogen-bond donors (Lipinski definition) is 2. The molecule has 0 amide bonds. The van der Waals surface area contributed by atoms with Crippen LogP contribution in [0.3, 0.4) is 0 Å². The molecular formula is C23H26FN3O. The highest BCUT2D eigenvalue weighted by atomic mass is 19.1. The molecule has 1 unspecified atom stereocenters. The highest BCUT2D eigenvalue weighted by Crippen LogP contribution is 2.46. The summed E-state index contributed by atoms with van der Waals surface area (Å²) >= 11 is 0. The smallest absolute Gasteiger partial charge is 0.149 e. The molecule has 1 fully saturated rings. The zero-order valence-corrected chi connectivity index (χ0v) is 15.9. The number of aromatic nitrogens is 1. The molecule has 2 aliphatic carbocycles. The van der Waals surface area contributed by atoms with E-state index >= 15 is 0 Å². The highest BCUT2D eigenvalue weighted by Gasteiger charge is 2.38. The van der Waals surface area contributed by atoms with Crippen molar-refractivity contribution in [1.29, 1.82) is 0 Å². The number of allylic oxidation sites excluding steroid dienone is 2. The van der Waals surface area contributed by atoms with Gasteiger partial charge in [0.05, 0.1) is 5.69 Å². The van der Waals surface area contributed by atoms with Crippen molar-refractivity contribution < 1.29 is 9.23 Å². The Kier molecular flexibility index (Phi) is 5.44. The summed E-state index contributed by atoms with van der Waals surface area (Å²) in [4.78, 5) is 9.70. The fourth-order valence-corrected chi connectivity index (χ4v) is 4.68. The average molecular weight is 379 g/mol. The van der Waals surface area contributed by atoms with Crippen molar-refractivity contribution in [1.82, 2.24) is 4.98 Å². The van der Waals surface area contributed by atoms with Crippen molar-refractivity contribution in [3.05, 3.63) is 71.6 Å². The number of pyridine rings is 1. The molecule has 28 heavy (non-hydrogen) atoms. The molecule has 2 aromatic rings. The second kappa shape index (κ2) is 8.15. The van der Waals surface area contributed by atoms with Gasteiger partial charge >= 0.3 is 0 Å². The van der Waals surface area contributed by atoms with Crippen molar-refractivity contribution in [3.63, 3.8) is 0 Å². The molecule has 4 rings (SSSR count). The molecule has 0 spiro atoms. The lowest BCUT2D eigenvalue weighted by molar-refractivity contribution is 0.105. The van der Waals surface area contributed by atoms with Gasteiger partial charge in [0.25, 0.3) is 0 Å². The lowest BCUT2D eigenvalue weighted by Crippen LogP contribution is -2.35. The summed E-state index contributed by atoms with van der Waals surface area (Å²) in [5.41, 5.74) is 9.56. The molecule has 0 saturated heterocycles. The maximum atomic E-state index is 13.4. The Hall–Kier alpha value is -2.66. The third-order valence-corrected chi connectivity index (χ3v) is 6.08. The average Bonchev–Trinajstić information content (AvgIpc) is 2.72. The van der Waals surface area contributed by atoms with Crippen LogP contribution in [-0.4, -0.2) is 4.98 Å². The predicted molar refractivity (Wildman–Crippen MR) is 109 cm³/mol. The Labute approximate surface area is 165 Å². The van der Waals surface area contributed by atoms with Crippen molar-refractivity contribution in [3.8, 4) is 11.1 Å². The molecule has 4 N–H and O–H groups in total. The summed E-state index contributed by atoms with van der Waals surface area (Å²) in [6, 6.07) is 10.4. The van der Waals surface area contributed by atoms with E-state index in [0.717, 1.165) is 28.9 Å². The quantitative estimate of drug-likeness (QED) is 0.749. The van der Waals surface area contributed by atoms with E-state index in [0.29, 0.717) is 17.6 Å². The predicted octanol–water partition coefficient (Wildman–Crippen LogP) is 4.79. The Morgan fingerprint density at radius 2 is 1.96 bits per heavy atom. The largest absolute Gasteiger partial charge is 0.414 e. The molecule has 4 nitrogen and oxygen atoms in total. The van der Waals surface area contributed by atoms with Gasteiger partial charge in [0.1, 0.15) is 11.6 Å². The summed E-state index contributed by atoms with van der Waals surface area (Å²) in [5, 5.41) is 0. The zero-order chi connectivity index (χ0) is 19.5. The van der Waals surface area contributed by atoms with E-state index in [2.05, 4.69) is 11.1 Å². The van der Waals surface area contributed by atoms with Gasteiger partial charge in [-0.3, -0.25) is 4.98 Å². The third-order valence-electron chi connectivity index (χ3n) is 6.08. The molecular weight excluding hydrogens is 353 g/mol. The SMILES string of the molecule is NOC1=C(N)C[C@@H]2CCCCC2[C@@H]1/C=C/c1ccc(-c2cccc(F)c2)cn1. The van der Waals surface area contributed by atoms with E-state index in [1.165, 1.54) is 37.8 Å². The summed E-state index contributed by atoms with van der Waals surface area (Å²) in [5.74, 6) is 7.22. The van der Waals surface area contributed by atoms with Crippen molar-refractivity contribution in [2.45, 2.75) is 32.1 Å². The maximum Gasteiger partial charge on any atom is 0.149 e. The van der Waals surface area contributed by atoms with Gasteiger partial charge in [0, 0.05) is 23.4 Å². The summed E-state index contributed by atoms with van der Waals surface area (Å²) < 4.78 is 13.4. The molecule has 3 atom stereocenters. The van der Waals surface area contributed by atoms with Crippen LogP contribution in [0.5, 0.6) is 0 Å². The zero-order valence-electron chi connectivity index (χ0n) is 15.9. The first-order valence-corrected chi connectivity index (χ1v) is 9.91. The minimum Gasteiger partial charge on any atom is -0.414 e.